The molecule has 158 valence electrons. The van der Waals surface area contributed by atoms with Crippen LogP contribution in [0.25, 0.3) is 0 Å². The Balaban J connectivity index is 2.25. The first kappa shape index (κ1) is 22.5. The summed E-state index contributed by atoms with van der Waals surface area (Å²) in [6, 6.07) is 8.76. The van der Waals surface area contributed by atoms with Crippen LogP contribution in [0.1, 0.15) is 32.8 Å². The third-order valence-electron chi connectivity index (χ3n) is 4.68. The Labute approximate surface area is 171 Å². The third-order valence-corrected chi connectivity index (χ3v) is 4.68. The van der Waals surface area contributed by atoms with E-state index in [0.717, 1.165) is 11.3 Å². The van der Waals surface area contributed by atoms with Gasteiger partial charge >= 0.3 is 12.1 Å². The van der Waals surface area contributed by atoms with Crippen LogP contribution in [0.5, 0.6) is 5.75 Å². The van der Waals surface area contributed by atoms with Crippen LogP contribution in [0, 0.1) is 11.3 Å². The maximum atomic E-state index is 12.7. The third kappa shape index (κ3) is 6.09. The molecule has 0 radical (unpaired) electrons. The van der Waals surface area contributed by atoms with Gasteiger partial charge in [-0.05, 0) is 38.5 Å². The van der Waals surface area contributed by atoms with Crippen molar-refractivity contribution in [1.29, 1.82) is 5.26 Å². The average molecular weight is 403 g/mol. The van der Waals surface area contributed by atoms with Crippen LogP contribution in [0.2, 0.25) is 0 Å². The summed E-state index contributed by atoms with van der Waals surface area (Å²) in [7, 11) is 2.90. The predicted octanol–water partition coefficient (Wildman–Crippen LogP) is 2.57. The van der Waals surface area contributed by atoms with E-state index in [-0.39, 0.29) is 25.6 Å². The fourth-order valence-corrected chi connectivity index (χ4v) is 3.26. The van der Waals surface area contributed by atoms with E-state index in [2.05, 4.69) is 6.07 Å². The molecule has 8 heteroatoms. The number of carbonyl (C=O) groups excluding carboxylic acids is 2. The van der Waals surface area contributed by atoms with Crippen molar-refractivity contribution in [1.82, 2.24) is 9.80 Å². The van der Waals surface area contributed by atoms with Crippen LogP contribution in [0.4, 0.5) is 4.79 Å². The summed E-state index contributed by atoms with van der Waals surface area (Å²) in [5, 5.41) is 9.28. The molecule has 2 unspecified atom stereocenters. The number of rotatable bonds is 5. The van der Waals surface area contributed by atoms with Gasteiger partial charge in [-0.3, -0.25) is 9.80 Å². The number of ether oxygens (including phenoxy) is 3. The predicted molar refractivity (Wildman–Crippen MR) is 106 cm³/mol. The van der Waals surface area contributed by atoms with E-state index in [1.807, 2.05) is 29.2 Å². The van der Waals surface area contributed by atoms with Gasteiger partial charge in [-0.2, -0.15) is 5.26 Å². The molecule has 2 rings (SSSR count). The fraction of sp³-hybridized carbons (Fsp3) is 0.571. The molecule has 1 aromatic rings. The molecule has 1 saturated heterocycles. The molecule has 1 aromatic carbocycles. The van der Waals surface area contributed by atoms with Crippen LogP contribution in [0.3, 0.4) is 0 Å². The zero-order valence-corrected chi connectivity index (χ0v) is 17.7. The van der Waals surface area contributed by atoms with E-state index in [4.69, 9.17) is 14.2 Å². The van der Waals surface area contributed by atoms with Crippen LogP contribution in [0.15, 0.2) is 24.3 Å². The first-order chi connectivity index (χ1) is 13.7. The van der Waals surface area contributed by atoms with Crippen molar-refractivity contribution in [3.63, 3.8) is 0 Å². The first-order valence-corrected chi connectivity index (χ1v) is 9.50. The maximum absolute atomic E-state index is 12.7. The van der Waals surface area contributed by atoms with Gasteiger partial charge in [-0.1, -0.05) is 12.1 Å². The minimum Gasteiger partial charge on any atom is -0.497 e. The second-order valence-electron chi connectivity index (χ2n) is 7.97. The molecule has 1 aliphatic heterocycles. The Morgan fingerprint density at radius 2 is 1.83 bits per heavy atom. The number of carbonyl (C=O) groups is 2. The lowest BCUT2D eigenvalue weighted by atomic mass is 10.0. The van der Waals surface area contributed by atoms with Gasteiger partial charge in [0.2, 0.25) is 0 Å². The molecule has 1 fully saturated rings. The maximum Gasteiger partial charge on any atom is 0.411 e. The number of nitriles is 1. The molecule has 0 aromatic heterocycles. The van der Waals surface area contributed by atoms with Gasteiger partial charge in [0.05, 0.1) is 26.7 Å². The summed E-state index contributed by atoms with van der Waals surface area (Å²) in [5.41, 5.74) is 0.325. The SMILES string of the molecule is COC(=O)C1CN(Cc2ccc(OC)cc2)C(CC#N)CN1C(=O)OC(C)(C)C. The number of benzene rings is 1. The number of nitrogens with zero attached hydrogens (tertiary/aromatic N) is 3. The zero-order valence-electron chi connectivity index (χ0n) is 17.7. The van der Waals surface area contributed by atoms with Gasteiger partial charge in [-0.15, -0.1) is 0 Å². The van der Waals surface area contributed by atoms with E-state index < -0.39 is 23.7 Å². The lowest BCUT2D eigenvalue weighted by Crippen LogP contribution is -2.62. The number of hydrogen-bond acceptors (Lipinski definition) is 7. The van der Waals surface area contributed by atoms with Gasteiger partial charge in [0, 0.05) is 25.7 Å². The molecule has 0 N–H and O–H groups in total. The molecule has 8 nitrogen and oxygen atoms in total. The lowest BCUT2D eigenvalue weighted by Gasteiger charge is -2.44. The van der Waals surface area contributed by atoms with Crippen LogP contribution in [-0.4, -0.2) is 66.9 Å². The molecule has 1 heterocycles. The summed E-state index contributed by atoms with van der Waals surface area (Å²) in [5.74, 6) is 0.246. The Hall–Kier alpha value is -2.79. The summed E-state index contributed by atoms with van der Waals surface area (Å²) in [6.45, 7) is 6.30. The van der Waals surface area contributed by atoms with E-state index in [1.54, 1.807) is 27.9 Å². The van der Waals surface area contributed by atoms with E-state index in [9.17, 15) is 14.9 Å². The number of hydrogen-bond donors (Lipinski definition) is 0. The molecule has 0 saturated carbocycles. The molecule has 1 aliphatic rings. The summed E-state index contributed by atoms with van der Waals surface area (Å²) in [6.07, 6.45) is -0.358. The standard InChI is InChI=1S/C21H29N3O5/c1-21(2,3)29-20(26)24-13-16(10-11-22)23(14-18(24)19(25)28-5)12-15-6-8-17(27-4)9-7-15/h6-9,16,18H,10,12-14H2,1-5H3. The average Bonchev–Trinajstić information content (AvgIpc) is 2.67. The second-order valence-corrected chi connectivity index (χ2v) is 7.97. The van der Waals surface area contributed by atoms with Gasteiger partial charge in [0.15, 0.2) is 0 Å². The minimum absolute atomic E-state index is 0.207. The van der Waals surface area contributed by atoms with Crippen molar-refractivity contribution in [3.8, 4) is 11.8 Å². The van der Waals surface area contributed by atoms with Gasteiger partial charge in [0.25, 0.3) is 0 Å². The number of esters is 1. The van der Waals surface area contributed by atoms with Gasteiger partial charge in [-0.25, -0.2) is 9.59 Å². The van der Waals surface area contributed by atoms with Crippen molar-refractivity contribution in [2.45, 2.75) is 51.4 Å². The van der Waals surface area contributed by atoms with E-state index >= 15 is 0 Å². The summed E-state index contributed by atoms with van der Waals surface area (Å²) in [4.78, 5) is 28.5. The first-order valence-electron chi connectivity index (χ1n) is 9.50. The number of piperazine rings is 1. The highest BCUT2D eigenvalue weighted by Gasteiger charge is 2.42. The van der Waals surface area contributed by atoms with E-state index in [1.165, 1.54) is 12.0 Å². The molecule has 0 spiro atoms. The molecular weight excluding hydrogens is 374 g/mol. The lowest BCUT2D eigenvalue weighted by molar-refractivity contribution is -0.150. The Bertz CT molecular complexity index is 751. The normalized spacial score (nSPS) is 19.9. The highest BCUT2D eigenvalue weighted by atomic mass is 16.6. The monoisotopic (exact) mass is 403 g/mol. The second kappa shape index (κ2) is 9.61. The van der Waals surface area contributed by atoms with Gasteiger partial charge < -0.3 is 14.2 Å². The van der Waals surface area contributed by atoms with Crippen LogP contribution < -0.4 is 4.74 Å². The smallest absolute Gasteiger partial charge is 0.411 e. The van der Waals surface area contributed by atoms with Crippen LogP contribution >= 0.6 is 0 Å². The number of methoxy groups -OCH3 is 2. The van der Waals surface area contributed by atoms with Crippen molar-refractivity contribution in [2.24, 2.45) is 0 Å². The van der Waals surface area contributed by atoms with Crippen molar-refractivity contribution in [3.05, 3.63) is 29.8 Å². The van der Waals surface area contributed by atoms with Crippen molar-refractivity contribution < 1.29 is 23.8 Å². The summed E-state index contributed by atoms with van der Waals surface area (Å²) < 4.78 is 15.6. The molecule has 2 atom stereocenters. The molecule has 29 heavy (non-hydrogen) atoms. The highest BCUT2D eigenvalue weighted by Crippen LogP contribution is 2.24. The van der Waals surface area contributed by atoms with E-state index in [0.29, 0.717) is 6.54 Å². The molecular formula is C21H29N3O5. The fourth-order valence-electron chi connectivity index (χ4n) is 3.26. The topological polar surface area (TPSA) is 92.1 Å². The highest BCUT2D eigenvalue weighted by molar-refractivity contribution is 5.82. The van der Waals surface area contributed by atoms with Crippen LogP contribution in [-0.2, 0) is 20.8 Å². The summed E-state index contributed by atoms with van der Waals surface area (Å²) >= 11 is 0. The van der Waals surface area contributed by atoms with Crippen molar-refractivity contribution in [2.75, 3.05) is 27.3 Å². The quantitative estimate of drug-likeness (QED) is 0.698. The molecule has 0 bridgehead atoms. The van der Waals surface area contributed by atoms with Gasteiger partial charge in [0.1, 0.15) is 17.4 Å². The largest absolute Gasteiger partial charge is 0.497 e. The molecule has 0 aliphatic carbocycles. The zero-order chi connectivity index (χ0) is 21.6. The number of amides is 1. The molecule has 1 amide bonds. The Morgan fingerprint density at radius 1 is 1.17 bits per heavy atom. The van der Waals surface area contributed by atoms with Crippen molar-refractivity contribution >= 4 is 12.1 Å². The Morgan fingerprint density at radius 3 is 2.34 bits per heavy atom. The Kier molecular flexibility index (Phi) is 7.46. The minimum atomic E-state index is -0.803.